The van der Waals surface area contributed by atoms with Gasteiger partial charge in [0.05, 0.1) is 11.9 Å². The van der Waals surface area contributed by atoms with Crippen LogP contribution in [0.3, 0.4) is 0 Å². The van der Waals surface area contributed by atoms with Gasteiger partial charge in [-0.15, -0.1) is 5.10 Å². The molecule has 1 heterocycles. The number of rotatable bonds is 5. The van der Waals surface area contributed by atoms with Gasteiger partial charge in [0.25, 0.3) is 0 Å². The Bertz CT molecular complexity index is 1260. The molecule has 0 saturated heterocycles. The molecule has 4 rings (SSSR count). The Balaban J connectivity index is 1.73. The van der Waals surface area contributed by atoms with Crippen molar-refractivity contribution in [2.75, 3.05) is 0 Å². The zero-order chi connectivity index (χ0) is 20.9. The monoisotopic (exact) mass is 436 g/mol. The quantitative estimate of drug-likeness (QED) is 0.254. The van der Waals surface area contributed by atoms with Crippen molar-refractivity contribution in [3.63, 3.8) is 0 Å². The van der Waals surface area contributed by atoms with E-state index in [0.717, 1.165) is 17.0 Å². The minimum absolute atomic E-state index is 0.231. The van der Waals surface area contributed by atoms with E-state index in [0.29, 0.717) is 21.0 Å². The molecule has 0 spiro atoms. The van der Waals surface area contributed by atoms with Crippen LogP contribution in [0.25, 0.3) is 5.69 Å². The molecular weight excluding hydrogens is 423 g/mol. The number of ketones is 1. The third kappa shape index (κ3) is 4.59. The number of benzene rings is 3. The molecule has 1 aromatic heterocycles. The highest BCUT2D eigenvalue weighted by molar-refractivity contribution is 7.11. The van der Waals surface area contributed by atoms with Crippen LogP contribution in [0.1, 0.15) is 20.9 Å². The van der Waals surface area contributed by atoms with Crippen LogP contribution in [0, 0.1) is 5.82 Å². The lowest BCUT2D eigenvalue weighted by atomic mass is 10.1. The summed E-state index contributed by atoms with van der Waals surface area (Å²) in [5.41, 5.74) is 1.93. The minimum Gasteiger partial charge on any atom is -0.286 e. The second kappa shape index (κ2) is 8.94. The highest BCUT2D eigenvalue weighted by Crippen LogP contribution is 2.15. The maximum absolute atomic E-state index is 13.0. The SMILES string of the molecule is O=C(c1ccc(Cl)cc1)c1nn(-c2ccccc2)/c(=N/N=C\c2ccc(F)cc2)s1. The normalized spacial score (nSPS) is 11.9. The lowest BCUT2D eigenvalue weighted by molar-refractivity contribution is 0.103. The van der Waals surface area contributed by atoms with Gasteiger partial charge in [0.2, 0.25) is 10.6 Å². The average Bonchev–Trinajstić information content (AvgIpc) is 3.20. The highest BCUT2D eigenvalue weighted by Gasteiger charge is 2.16. The summed E-state index contributed by atoms with van der Waals surface area (Å²) in [5.74, 6) is -0.552. The van der Waals surface area contributed by atoms with E-state index in [9.17, 15) is 9.18 Å². The largest absolute Gasteiger partial charge is 0.286 e. The summed E-state index contributed by atoms with van der Waals surface area (Å²) in [7, 11) is 0. The molecular formula is C22H14ClFN4OS. The third-order valence-electron chi connectivity index (χ3n) is 4.08. The smallest absolute Gasteiger partial charge is 0.233 e. The Morgan fingerprint density at radius 2 is 1.70 bits per heavy atom. The molecule has 3 aromatic carbocycles. The highest BCUT2D eigenvalue weighted by atomic mass is 35.5. The van der Waals surface area contributed by atoms with Crippen LogP contribution in [-0.2, 0) is 0 Å². The number of hydrogen-bond acceptors (Lipinski definition) is 5. The first-order chi connectivity index (χ1) is 14.6. The van der Waals surface area contributed by atoms with Crippen LogP contribution in [0.15, 0.2) is 89.1 Å². The molecule has 0 aliphatic carbocycles. The van der Waals surface area contributed by atoms with Gasteiger partial charge in [-0.2, -0.15) is 10.2 Å². The van der Waals surface area contributed by atoms with Gasteiger partial charge in [-0.05, 0) is 54.1 Å². The predicted molar refractivity (Wildman–Crippen MR) is 116 cm³/mol. The molecule has 0 radical (unpaired) electrons. The molecule has 0 aliphatic heterocycles. The second-order valence-electron chi connectivity index (χ2n) is 6.17. The Kier molecular flexibility index (Phi) is 5.92. The molecule has 8 heteroatoms. The van der Waals surface area contributed by atoms with Crippen molar-refractivity contribution in [3.8, 4) is 5.69 Å². The van der Waals surface area contributed by atoms with E-state index in [-0.39, 0.29) is 16.6 Å². The number of carbonyl (C=O) groups excluding carboxylic acids is 1. The van der Waals surface area contributed by atoms with Gasteiger partial charge in [0.1, 0.15) is 5.82 Å². The number of nitrogens with zero attached hydrogens (tertiary/aromatic N) is 4. The molecule has 148 valence electrons. The lowest BCUT2D eigenvalue weighted by Crippen LogP contribution is -2.14. The van der Waals surface area contributed by atoms with Crippen LogP contribution in [0.4, 0.5) is 4.39 Å². The topological polar surface area (TPSA) is 59.6 Å². The van der Waals surface area contributed by atoms with Crippen molar-refractivity contribution in [1.82, 2.24) is 9.78 Å². The number of halogens is 2. The van der Waals surface area contributed by atoms with Crippen molar-refractivity contribution >= 4 is 34.9 Å². The summed E-state index contributed by atoms with van der Waals surface area (Å²) in [6, 6.07) is 21.9. The van der Waals surface area contributed by atoms with Crippen molar-refractivity contribution in [2.24, 2.45) is 10.2 Å². The maximum Gasteiger partial charge on any atom is 0.233 e. The average molecular weight is 437 g/mol. The zero-order valence-corrected chi connectivity index (χ0v) is 17.0. The fourth-order valence-corrected chi connectivity index (χ4v) is 3.55. The van der Waals surface area contributed by atoms with Crippen molar-refractivity contribution in [1.29, 1.82) is 0 Å². The first kappa shape index (κ1) is 19.9. The molecule has 0 fully saturated rings. The molecule has 0 amide bonds. The van der Waals surface area contributed by atoms with E-state index in [1.807, 2.05) is 30.3 Å². The van der Waals surface area contributed by atoms with E-state index in [2.05, 4.69) is 15.3 Å². The Morgan fingerprint density at radius 1 is 1.00 bits per heavy atom. The Morgan fingerprint density at radius 3 is 2.40 bits per heavy atom. The first-order valence-corrected chi connectivity index (χ1v) is 10.1. The Labute approximate surface area is 180 Å². The van der Waals surface area contributed by atoms with Gasteiger partial charge >= 0.3 is 0 Å². The summed E-state index contributed by atoms with van der Waals surface area (Å²) in [6.45, 7) is 0. The van der Waals surface area contributed by atoms with E-state index >= 15 is 0 Å². The number of carbonyl (C=O) groups is 1. The molecule has 4 aromatic rings. The van der Waals surface area contributed by atoms with Crippen LogP contribution >= 0.6 is 22.9 Å². The van der Waals surface area contributed by atoms with Crippen molar-refractivity contribution in [2.45, 2.75) is 0 Å². The third-order valence-corrected chi connectivity index (χ3v) is 5.23. The zero-order valence-electron chi connectivity index (χ0n) is 15.4. The number of hydrogen-bond donors (Lipinski definition) is 0. The number of aromatic nitrogens is 2. The molecule has 0 N–H and O–H groups in total. The predicted octanol–water partition coefficient (Wildman–Crippen LogP) is 4.89. The maximum atomic E-state index is 13.0. The van der Waals surface area contributed by atoms with Crippen LogP contribution < -0.4 is 4.80 Å². The summed E-state index contributed by atoms with van der Waals surface area (Å²) in [6.07, 6.45) is 1.51. The fourth-order valence-electron chi connectivity index (χ4n) is 2.59. The Hall–Kier alpha value is -3.42. The van der Waals surface area contributed by atoms with E-state index in [1.165, 1.54) is 18.3 Å². The second-order valence-corrected chi connectivity index (χ2v) is 7.56. The molecule has 5 nitrogen and oxygen atoms in total. The van der Waals surface area contributed by atoms with Gasteiger partial charge in [-0.3, -0.25) is 4.79 Å². The van der Waals surface area contributed by atoms with Gasteiger partial charge < -0.3 is 0 Å². The lowest BCUT2D eigenvalue weighted by Gasteiger charge is -1.99. The minimum atomic E-state index is -0.321. The molecule has 0 bridgehead atoms. The van der Waals surface area contributed by atoms with Crippen molar-refractivity contribution in [3.05, 3.63) is 111 Å². The molecule has 0 unspecified atom stereocenters. The van der Waals surface area contributed by atoms with E-state index < -0.39 is 0 Å². The summed E-state index contributed by atoms with van der Waals surface area (Å²) >= 11 is 7.04. The first-order valence-electron chi connectivity index (χ1n) is 8.89. The fraction of sp³-hybridized carbons (Fsp3) is 0. The van der Waals surface area contributed by atoms with E-state index in [1.54, 1.807) is 41.1 Å². The summed E-state index contributed by atoms with van der Waals surface area (Å²) < 4.78 is 14.6. The van der Waals surface area contributed by atoms with Crippen LogP contribution in [0.2, 0.25) is 5.02 Å². The number of para-hydroxylation sites is 1. The molecule has 0 saturated carbocycles. The molecule has 0 aliphatic rings. The summed E-state index contributed by atoms with van der Waals surface area (Å²) in [4.78, 5) is 13.3. The standard InChI is InChI=1S/C22H14ClFN4OS/c23-17-10-8-16(9-11-17)20(29)21-27-28(19-4-2-1-3-5-19)22(30-21)26-25-14-15-6-12-18(24)13-7-15/h1-14H/b25-14-,26-22-. The van der Waals surface area contributed by atoms with Crippen molar-refractivity contribution < 1.29 is 9.18 Å². The van der Waals surface area contributed by atoms with Crippen LogP contribution in [-0.4, -0.2) is 21.8 Å². The summed E-state index contributed by atoms with van der Waals surface area (Å²) in [5, 5.41) is 13.6. The van der Waals surface area contributed by atoms with Gasteiger partial charge in [-0.25, -0.2) is 9.07 Å². The molecule has 30 heavy (non-hydrogen) atoms. The van der Waals surface area contributed by atoms with E-state index in [4.69, 9.17) is 11.6 Å². The van der Waals surface area contributed by atoms with Gasteiger partial charge in [0.15, 0.2) is 5.01 Å². The molecule has 0 atom stereocenters. The van der Waals surface area contributed by atoms with Gasteiger partial charge in [-0.1, -0.05) is 53.3 Å². The van der Waals surface area contributed by atoms with Crippen LogP contribution in [0.5, 0.6) is 0 Å². The van der Waals surface area contributed by atoms with Gasteiger partial charge in [0, 0.05) is 10.6 Å².